The molecule has 3 heterocycles. The molecular formula is C27H29NO5. The van der Waals surface area contributed by atoms with Crippen molar-refractivity contribution in [3.05, 3.63) is 48.0 Å². The molecule has 1 unspecified atom stereocenters. The van der Waals surface area contributed by atoms with Crippen LogP contribution in [0.25, 0.3) is 0 Å². The van der Waals surface area contributed by atoms with E-state index in [2.05, 4.69) is 18.4 Å². The lowest BCUT2D eigenvalue weighted by atomic mass is 9.39. The van der Waals surface area contributed by atoms with Crippen LogP contribution in [-0.2, 0) is 9.53 Å². The summed E-state index contributed by atoms with van der Waals surface area (Å²) in [5.41, 5.74) is 0.0999. The molecule has 1 aromatic carbocycles. The van der Waals surface area contributed by atoms with Gasteiger partial charge in [0.05, 0.1) is 17.8 Å². The minimum absolute atomic E-state index is 0.0734. The van der Waals surface area contributed by atoms with E-state index in [4.69, 9.17) is 4.74 Å². The minimum Gasteiger partial charge on any atom is -0.458 e. The Hall–Kier alpha value is -2.02. The highest BCUT2D eigenvalue weighted by atomic mass is 16.5. The van der Waals surface area contributed by atoms with Crippen LogP contribution in [0.3, 0.4) is 0 Å². The largest absolute Gasteiger partial charge is 0.458 e. The number of nitrogens with zero attached hydrogens (tertiary/aromatic N) is 1. The molecule has 0 amide bonds. The SMILES string of the molecule is C=C1[C@H]2[C@H](O)[C@@H]3[C@H]4N5C[C@@]6(C)CC(=O)C[C@]47[C@H]([C@H]2OC(=O)c2ccccc2)[C@]3(C[C@H]5[C@H]67)[C@@H]1O. The number of carbonyl (C=O) groups is 2. The number of benzene rings is 1. The maximum atomic E-state index is 13.3. The average molecular weight is 448 g/mol. The molecule has 6 nitrogen and oxygen atoms in total. The van der Waals surface area contributed by atoms with E-state index in [1.807, 2.05) is 18.2 Å². The van der Waals surface area contributed by atoms with Crippen molar-refractivity contribution in [2.75, 3.05) is 6.54 Å². The van der Waals surface area contributed by atoms with Gasteiger partial charge in [0.1, 0.15) is 11.9 Å². The number of piperidine rings is 2. The number of fused-ring (bicyclic) bond motifs is 1. The standard InChI is InChI=1S/C27H29NO5/c1-12-16-18(30)17-22-27-9-14(29)8-25(2)11-28(22)15(20(25)27)10-26(17,23(12)31)21(27)19(16)33-24(32)13-6-4-3-5-7-13/h3-7,15-23,30-31H,1,8-11H2,2H3/t15-,16-,17+,18-,19-,20+,21+,22+,23+,25+,26+,27-/m0/s1. The molecule has 172 valence electrons. The van der Waals surface area contributed by atoms with Crippen molar-refractivity contribution in [1.82, 2.24) is 4.90 Å². The summed E-state index contributed by atoms with van der Waals surface area (Å²) in [6.07, 6.45) is -0.134. The highest BCUT2D eigenvalue weighted by molar-refractivity contribution is 5.89. The Morgan fingerprint density at radius 2 is 1.91 bits per heavy atom. The highest BCUT2D eigenvalue weighted by Gasteiger charge is 2.92. The van der Waals surface area contributed by atoms with Gasteiger partial charge in [-0.3, -0.25) is 9.69 Å². The number of carbonyl (C=O) groups excluding carboxylic acids is 2. The van der Waals surface area contributed by atoms with Crippen molar-refractivity contribution >= 4 is 11.8 Å². The van der Waals surface area contributed by atoms with Crippen LogP contribution in [-0.4, -0.2) is 63.8 Å². The second-order valence-corrected chi connectivity index (χ2v) is 12.4. The fraction of sp³-hybridized carbons (Fsp3) is 0.630. The summed E-state index contributed by atoms with van der Waals surface area (Å²) in [7, 11) is 0. The van der Waals surface area contributed by atoms with Crippen molar-refractivity contribution in [3.63, 3.8) is 0 Å². The summed E-state index contributed by atoms with van der Waals surface area (Å²) in [5, 5.41) is 23.4. The van der Waals surface area contributed by atoms with E-state index in [9.17, 15) is 19.8 Å². The average Bonchev–Trinajstić information content (AvgIpc) is 3.21. The number of aliphatic hydroxyl groups excluding tert-OH is 2. The van der Waals surface area contributed by atoms with E-state index in [0.717, 1.165) is 13.0 Å². The highest BCUT2D eigenvalue weighted by Crippen LogP contribution is 2.86. The first-order valence-corrected chi connectivity index (χ1v) is 12.3. The fourth-order valence-electron chi connectivity index (χ4n) is 11.3. The summed E-state index contributed by atoms with van der Waals surface area (Å²) in [6.45, 7) is 7.37. The molecule has 1 aromatic rings. The number of Topliss-reactive ketones (excluding diaryl/α,β-unsaturated/α-hetero) is 1. The van der Waals surface area contributed by atoms with E-state index in [1.54, 1.807) is 12.1 Å². The first kappa shape index (κ1) is 19.3. The number of esters is 1. The van der Waals surface area contributed by atoms with Gasteiger partial charge in [0, 0.05) is 60.1 Å². The molecule has 10 rings (SSSR count). The van der Waals surface area contributed by atoms with Crippen molar-refractivity contribution < 1.29 is 24.5 Å². The Labute approximate surface area is 192 Å². The smallest absolute Gasteiger partial charge is 0.338 e. The van der Waals surface area contributed by atoms with E-state index >= 15 is 0 Å². The zero-order valence-corrected chi connectivity index (χ0v) is 18.7. The lowest BCUT2D eigenvalue weighted by molar-refractivity contribution is -0.242. The number of ketones is 1. The van der Waals surface area contributed by atoms with Gasteiger partial charge < -0.3 is 14.9 Å². The predicted octanol–water partition coefficient (Wildman–Crippen LogP) is 1.81. The molecule has 6 saturated carbocycles. The van der Waals surface area contributed by atoms with Gasteiger partial charge >= 0.3 is 5.97 Å². The fourth-order valence-corrected chi connectivity index (χ4v) is 11.3. The van der Waals surface area contributed by atoms with Crippen LogP contribution in [0, 0.1) is 39.9 Å². The topological polar surface area (TPSA) is 87.1 Å². The lowest BCUT2D eigenvalue weighted by Gasteiger charge is -2.67. The van der Waals surface area contributed by atoms with E-state index in [1.165, 1.54) is 0 Å². The van der Waals surface area contributed by atoms with E-state index in [0.29, 0.717) is 35.9 Å². The van der Waals surface area contributed by atoms with Gasteiger partial charge in [-0.25, -0.2) is 4.79 Å². The molecule has 3 aliphatic heterocycles. The summed E-state index contributed by atoms with van der Waals surface area (Å²) < 4.78 is 6.29. The Bertz CT molecular complexity index is 1150. The molecular weight excluding hydrogens is 418 g/mol. The maximum absolute atomic E-state index is 13.3. The van der Waals surface area contributed by atoms with E-state index < -0.39 is 35.6 Å². The minimum atomic E-state index is -0.723. The van der Waals surface area contributed by atoms with Crippen LogP contribution in [0.2, 0.25) is 0 Å². The molecule has 33 heavy (non-hydrogen) atoms. The third kappa shape index (κ3) is 1.74. The maximum Gasteiger partial charge on any atom is 0.338 e. The molecule has 2 spiro atoms. The van der Waals surface area contributed by atoms with Crippen LogP contribution in [0.1, 0.15) is 36.5 Å². The van der Waals surface area contributed by atoms with Crippen molar-refractivity contribution in [2.45, 2.75) is 56.6 Å². The summed E-state index contributed by atoms with van der Waals surface area (Å²) in [4.78, 5) is 29.0. The molecule has 0 radical (unpaired) electrons. The molecule has 2 N–H and O–H groups in total. The Morgan fingerprint density at radius 3 is 2.67 bits per heavy atom. The van der Waals surface area contributed by atoms with Crippen LogP contribution in [0.4, 0.5) is 0 Å². The van der Waals surface area contributed by atoms with Crippen LogP contribution < -0.4 is 0 Å². The Balaban J connectivity index is 1.33. The van der Waals surface area contributed by atoms with Gasteiger partial charge in [-0.2, -0.15) is 0 Å². The third-order valence-electron chi connectivity index (χ3n) is 11.3. The molecule has 6 heteroatoms. The van der Waals surface area contributed by atoms with Crippen LogP contribution in [0.5, 0.6) is 0 Å². The van der Waals surface area contributed by atoms with Crippen molar-refractivity contribution in [2.24, 2.45) is 39.9 Å². The van der Waals surface area contributed by atoms with Crippen molar-refractivity contribution in [1.29, 1.82) is 0 Å². The lowest BCUT2D eigenvalue weighted by Crippen LogP contribution is -2.73. The van der Waals surface area contributed by atoms with E-state index in [-0.39, 0.29) is 34.5 Å². The monoisotopic (exact) mass is 447 g/mol. The van der Waals surface area contributed by atoms with Gasteiger partial charge in [-0.15, -0.1) is 0 Å². The van der Waals surface area contributed by atoms with Gasteiger partial charge in [0.15, 0.2) is 0 Å². The molecule has 9 bridgehead atoms. The summed E-state index contributed by atoms with van der Waals surface area (Å²) in [5.74, 6) is -0.494. The zero-order chi connectivity index (χ0) is 22.7. The summed E-state index contributed by atoms with van der Waals surface area (Å²) >= 11 is 0. The number of aliphatic hydroxyl groups is 2. The normalized spacial score (nSPS) is 58.3. The first-order valence-electron chi connectivity index (χ1n) is 12.3. The molecule has 0 aromatic heterocycles. The van der Waals surface area contributed by atoms with Gasteiger partial charge in [0.2, 0.25) is 0 Å². The molecule has 13 atom stereocenters. The molecule has 6 aliphatic carbocycles. The summed E-state index contributed by atoms with van der Waals surface area (Å²) in [6, 6.07) is 9.36. The molecule has 9 fully saturated rings. The zero-order valence-electron chi connectivity index (χ0n) is 18.7. The molecule has 3 saturated heterocycles. The Kier molecular flexibility index (Phi) is 3.19. The Morgan fingerprint density at radius 1 is 1.15 bits per heavy atom. The number of ether oxygens (including phenoxy) is 1. The predicted molar refractivity (Wildman–Crippen MR) is 117 cm³/mol. The third-order valence-corrected chi connectivity index (χ3v) is 11.3. The second kappa shape index (κ2) is 5.45. The van der Waals surface area contributed by atoms with Gasteiger partial charge in [0.25, 0.3) is 0 Å². The number of hydrogen-bond acceptors (Lipinski definition) is 6. The number of hydrogen-bond donors (Lipinski definition) is 2. The van der Waals surface area contributed by atoms with Gasteiger partial charge in [-0.1, -0.05) is 31.7 Å². The van der Waals surface area contributed by atoms with Crippen molar-refractivity contribution in [3.8, 4) is 0 Å². The first-order chi connectivity index (χ1) is 15.8. The van der Waals surface area contributed by atoms with Crippen LogP contribution >= 0.6 is 0 Å². The quantitative estimate of drug-likeness (QED) is 0.531. The number of rotatable bonds is 2. The second-order valence-electron chi connectivity index (χ2n) is 12.4. The van der Waals surface area contributed by atoms with Crippen LogP contribution in [0.15, 0.2) is 42.5 Å². The molecule has 9 aliphatic rings. The van der Waals surface area contributed by atoms with Gasteiger partial charge in [-0.05, 0) is 35.5 Å².